The summed E-state index contributed by atoms with van der Waals surface area (Å²) >= 11 is 0. The molecule has 0 saturated carbocycles. The molecule has 2 heterocycles. The number of hydroxylamine groups is 2. The zero-order valence-electron chi connectivity index (χ0n) is 28.2. The summed E-state index contributed by atoms with van der Waals surface area (Å²) in [6.07, 6.45) is 5.89. The zero-order valence-corrected chi connectivity index (χ0v) is 29.0. The number of carbonyl (C=O) groups is 2. The number of rotatable bonds is 6. The third kappa shape index (κ3) is 8.68. The van der Waals surface area contributed by atoms with E-state index in [-0.39, 0.29) is 18.4 Å². The van der Waals surface area contributed by atoms with E-state index in [1.807, 2.05) is 18.2 Å². The SMILES string of the molecule is CCCc1cc(C)ccc1C1COc2ccc3cc2N(CCC(CC)C(OC(=O)N(C)OC)/C=C/COC(C)(C)C(=O)NS3=O)C1. The minimum Gasteiger partial charge on any atom is -0.491 e. The van der Waals surface area contributed by atoms with Crippen LogP contribution in [0.1, 0.15) is 69.6 Å². The molecule has 2 aromatic carbocycles. The first-order valence-electron chi connectivity index (χ1n) is 16.1. The first kappa shape index (κ1) is 35.4. The van der Waals surface area contributed by atoms with Gasteiger partial charge in [0.05, 0.1) is 30.9 Å². The van der Waals surface area contributed by atoms with Crippen LogP contribution in [-0.2, 0) is 36.5 Å². The number of nitrogens with zero attached hydrogens (tertiary/aromatic N) is 2. The predicted molar refractivity (Wildman–Crippen MR) is 179 cm³/mol. The highest BCUT2D eigenvalue weighted by Gasteiger charge is 2.32. The fraction of sp³-hybridized carbons (Fsp3) is 0.543. The van der Waals surface area contributed by atoms with Gasteiger partial charge >= 0.3 is 6.09 Å². The van der Waals surface area contributed by atoms with Gasteiger partial charge in [-0.1, -0.05) is 50.1 Å². The van der Waals surface area contributed by atoms with E-state index >= 15 is 0 Å². The van der Waals surface area contributed by atoms with Crippen molar-refractivity contribution in [3.63, 3.8) is 0 Å². The van der Waals surface area contributed by atoms with E-state index in [4.69, 9.17) is 19.0 Å². The average molecular weight is 656 g/mol. The number of ether oxygens (including phenoxy) is 3. The molecule has 2 aliphatic heterocycles. The summed E-state index contributed by atoms with van der Waals surface area (Å²) in [5, 5.41) is 1.05. The second-order valence-electron chi connectivity index (χ2n) is 12.5. The first-order valence-corrected chi connectivity index (χ1v) is 17.2. The molecule has 2 bridgehead atoms. The third-order valence-electron chi connectivity index (χ3n) is 8.75. The van der Waals surface area contributed by atoms with Gasteiger partial charge < -0.3 is 19.1 Å². The molecule has 252 valence electrons. The second-order valence-corrected chi connectivity index (χ2v) is 13.7. The summed E-state index contributed by atoms with van der Waals surface area (Å²) in [4.78, 5) is 33.7. The van der Waals surface area contributed by atoms with Gasteiger partial charge in [0, 0.05) is 32.0 Å². The molecular weight excluding hydrogens is 606 g/mol. The molecule has 0 radical (unpaired) electrons. The summed E-state index contributed by atoms with van der Waals surface area (Å²) in [6.45, 7) is 11.5. The molecule has 2 aliphatic rings. The van der Waals surface area contributed by atoms with Gasteiger partial charge in [-0.15, -0.1) is 0 Å². The summed E-state index contributed by atoms with van der Waals surface area (Å²) in [5.74, 6) is 0.248. The Kier molecular flexibility index (Phi) is 12.3. The highest BCUT2D eigenvalue weighted by atomic mass is 32.2. The van der Waals surface area contributed by atoms with E-state index in [9.17, 15) is 13.8 Å². The van der Waals surface area contributed by atoms with Crippen LogP contribution in [0.4, 0.5) is 10.5 Å². The van der Waals surface area contributed by atoms with Crippen LogP contribution in [-0.4, -0.2) is 73.4 Å². The minimum absolute atomic E-state index is 0.0342. The maximum Gasteiger partial charge on any atom is 0.434 e. The molecule has 0 fully saturated rings. The minimum atomic E-state index is -1.81. The lowest BCUT2D eigenvalue weighted by molar-refractivity contribution is -0.139. The lowest BCUT2D eigenvalue weighted by Crippen LogP contribution is -2.45. The van der Waals surface area contributed by atoms with Crippen LogP contribution in [0.5, 0.6) is 5.75 Å². The van der Waals surface area contributed by atoms with Crippen molar-refractivity contribution >= 4 is 28.7 Å². The van der Waals surface area contributed by atoms with Gasteiger partial charge in [-0.2, -0.15) is 5.06 Å². The van der Waals surface area contributed by atoms with Crippen LogP contribution in [0, 0.1) is 12.8 Å². The molecule has 4 atom stereocenters. The van der Waals surface area contributed by atoms with Crippen molar-refractivity contribution in [2.45, 2.75) is 82.8 Å². The number of fused-ring (bicyclic) bond motifs is 1. The highest BCUT2D eigenvalue weighted by molar-refractivity contribution is 7.83. The molecule has 4 rings (SSSR count). The Morgan fingerprint density at radius 3 is 2.70 bits per heavy atom. The predicted octanol–water partition coefficient (Wildman–Crippen LogP) is 5.85. The Bertz CT molecular complexity index is 1430. The van der Waals surface area contributed by atoms with E-state index in [1.54, 1.807) is 26.0 Å². The van der Waals surface area contributed by atoms with E-state index in [0.717, 1.165) is 30.0 Å². The van der Waals surface area contributed by atoms with Crippen LogP contribution < -0.4 is 14.4 Å². The van der Waals surface area contributed by atoms with Gasteiger partial charge in [0.1, 0.15) is 17.5 Å². The largest absolute Gasteiger partial charge is 0.491 e. The van der Waals surface area contributed by atoms with Gasteiger partial charge in [0.2, 0.25) is 0 Å². The van der Waals surface area contributed by atoms with Gasteiger partial charge in [-0.25, -0.2) is 9.00 Å². The van der Waals surface area contributed by atoms with Crippen LogP contribution >= 0.6 is 0 Å². The van der Waals surface area contributed by atoms with Gasteiger partial charge in [0.25, 0.3) is 5.91 Å². The van der Waals surface area contributed by atoms with E-state index < -0.39 is 34.7 Å². The summed E-state index contributed by atoms with van der Waals surface area (Å²) in [7, 11) is 1.10. The number of hydrogen-bond donors (Lipinski definition) is 1. The normalized spacial score (nSPS) is 24.2. The number of anilines is 1. The van der Waals surface area contributed by atoms with Crippen molar-refractivity contribution in [2.24, 2.45) is 5.92 Å². The molecule has 2 amide bonds. The second kappa shape index (κ2) is 15.9. The molecule has 0 aliphatic carbocycles. The quantitative estimate of drug-likeness (QED) is 0.305. The Morgan fingerprint density at radius 2 is 1.98 bits per heavy atom. The van der Waals surface area contributed by atoms with E-state index in [1.165, 1.54) is 30.8 Å². The van der Waals surface area contributed by atoms with Crippen LogP contribution in [0.2, 0.25) is 0 Å². The van der Waals surface area contributed by atoms with Crippen molar-refractivity contribution in [3.8, 4) is 5.75 Å². The maximum atomic E-state index is 13.4. The Hall–Kier alpha value is -3.41. The fourth-order valence-corrected chi connectivity index (χ4v) is 6.81. The zero-order chi connectivity index (χ0) is 33.4. The monoisotopic (exact) mass is 655 g/mol. The van der Waals surface area contributed by atoms with E-state index in [2.05, 4.69) is 48.6 Å². The topological polar surface area (TPSA) is 107 Å². The summed E-state index contributed by atoms with van der Waals surface area (Å²) in [5.41, 5.74) is 3.39. The molecule has 0 spiro atoms. The van der Waals surface area contributed by atoms with Crippen LogP contribution in [0.25, 0.3) is 0 Å². The molecule has 46 heavy (non-hydrogen) atoms. The number of nitrogens with one attached hydrogen (secondary N) is 1. The molecule has 10 nitrogen and oxygen atoms in total. The average Bonchev–Trinajstić information content (AvgIpc) is 3.21. The molecule has 2 aromatic rings. The first-order chi connectivity index (χ1) is 22.0. The van der Waals surface area contributed by atoms with Crippen molar-refractivity contribution < 1.29 is 32.8 Å². The number of aryl methyl sites for hydroxylation is 2. The van der Waals surface area contributed by atoms with Crippen molar-refractivity contribution in [2.75, 3.05) is 45.4 Å². The third-order valence-corrected chi connectivity index (χ3v) is 9.80. The highest BCUT2D eigenvalue weighted by Crippen LogP contribution is 2.38. The van der Waals surface area contributed by atoms with Gasteiger partial charge in [-0.3, -0.25) is 14.4 Å². The molecular formula is C35H49N3O7S. The standard InChI is InChI=1S/C35H49N3O7S/c1-8-11-26-20-24(3)13-15-29(26)27-22-38-18-17-25(9-2)31(45-34(40)37(6)42-7)12-10-19-44-35(4,5)33(39)36-46(41)28-14-16-32(43-23-27)30(38)21-28/h10,12-16,20-21,25,27,31H,8-9,11,17-19,22-23H2,1-7H3,(H,36,39)/b12-10+. The summed E-state index contributed by atoms with van der Waals surface area (Å²) in [6, 6.07) is 12.1. The molecule has 1 N–H and O–H groups in total. The maximum absolute atomic E-state index is 13.4. The smallest absolute Gasteiger partial charge is 0.434 e. The number of carbonyl (C=O) groups excluding carboxylic acids is 2. The molecule has 4 unspecified atom stereocenters. The molecule has 0 saturated heterocycles. The Balaban J connectivity index is 1.76. The molecule has 11 heteroatoms. The summed E-state index contributed by atoms with van der Waals surface area (Å²) < 4.78 is 34.3. The number of benzene rings is 2. The fourth-order valence-electron chi connectivity index (χ4n) is 5.87. The van der Waals surface area contributed by atoms with Crippen molar-refractivity contribution in [1.82, 2.24) is 9.79 Å². The van der Waals surface area contributed by atoms with Crippen LogP contribution in [0.3, 0.4) is 0 Å². The van der Waals surface area contributed by atoms with Crippen LogP contribution in [0.15, 0.2) is 53.4 Å². The lowest BCUT2D eigenvalue weighted by Gasteiger charge is -2.31. The number of hydrogen-bond acceptors (Lipinski definition) is 8. The van der Waals surface area contributed by atoms with Crippen molar-refractivity contribution in [1.29, 1.82) is 0 Å². The van der Waals surface area contributed by atoms with Gasteiger partial charge in [0.15, 0.2) is 11.0 Å². The van der Waals surface area contributed by atoms with E-state index in [0.29, 0.717) is 36.8 Å². The Morgan fingerprint density at radius 1 is 1.20 bits per heavy atom. The number of amides is 2. The van der Waals surface area contributed by atoms with Gasteiger partial charge in [-0.05, 0) is 75.4 Å². The molecule has 0 aromatic heterocycles. The lowest BCUT2D eigenvalue weighted by atomic mass is 9.90. The van der Waals surface area contributed by atoms with Crippen molar-refractivity contribution in [3.05, 3.63) is 65.2 Å². The Labute approximate surface area is 275 Å².